The number of halogens is 1. The van der Waals surface area contributed by atoms with Crippen LogP contribution in [0.15, 0.2) is 15.5 Å². The maximum Gasteiger partial charge on any atom is 0.283 e. The van der Waals surface area contributed by atoms with Crippen molar-refractivity contribution in [2.24, 2.45) is 0 Å². The molecule has 0 fully saturated rings. The molecular formula is C11H18BrN3O. The highest BCUT2D eigenvalue weighted by Crippen LogP contribution is 2.16. The van der Waals surface area contributed by atoms with Gasteiger partial charge in [-0.25, -0.2) is 4.68 Å². The van der Waals surface area contributed by atoms with Gasteiger partial charge in [0, 0.05) is 13.1 Å². The Morgan fingerprint density at radius 2 is 2.19 bits per heavy atom. The van der Waals surface area contributed by atoms with Crippen molar-refractivity contribution in [3.8, 4) is 0 Å². The van der Waals surface area contributed by atoms with E-state index in [1.807, 2.05) is 6.92 Å². The van der Waals surface area contributed by atoms with E-state index in [-0.39, 0.29) is 5.56 Å². The van der Waals surface area contributed by atoms with Crippen molar-refractivity contribution in [3.63, 3.8) is 0 Å². The monoisotopic (exact) mass is 287 g/mol. The predicted molar refractivity (Wildman–Crippen MR) is 69.9 cm³/mol. The second kappa shape index (κ2) is 6.68. The fourth-order valence-electron chi connectivity index (χ4n) is 1.41. The zero-order valence-electron chi connectivity index (χ0n) is 9.79. The Bertz CT molecular complexity index is 389. The zero-order valence-corrected chi connectivity index (χ0v) is 11.4. The van der Waals surface area contributed by atoms with E-state index < -0.39 is 0 Å². The molecule has 0 amide bonds. The van der Waals surface area contributed by atoms with E-state index in [2.05, 4.69) is 33.3 Å². The van der Waals surface area contributed by atoms with Gasteiger partial charge in [-0.15, -0.1) is 0 Å². The van der Waals surface area contributed by atoms with Crippen LogP contribution < -0.4 is 10.9 Å². The molecule has 0 spiro atoms. The quantitative estimate of drug-likeness (QED) is 0.819. The van der Waals surface area contributed by atoms with Crippen molar-refractivity contribution in [2.75, 3.05) is 11.9 Å². The van der Waals surface area contributed by atoms with Crippen LogP contribution in [0, 0.1) is 0 Å². The average Bonchev–Trinajstić information content (AvgIpc) is 2.30. The number of hydrogen-bond donors (Lipinski definition) is 1. The van der Waals surface area contributed by atoms with Gasteiger partial charge in [-0.3, -0.25) is 4.79 Å². The van der Waals surface area contributed by atoms with E-state index in [1.165, 1.54) is 17.5 Å². The van der Waals surface area contributed by atoms with Gasteiger partial charge in [0.1, 0.15) is 4.47 Å². The van der Waals surface area contributed by atoms with Gasteiger partial charge in [-0.05, 0) is 29.3 Å². The Hall–Kier alpha value is -0.840. The number of unbranched alkanes of at least 4 members (excludes halogenated alkanes) is 2. The fraction of sp³-hybridized carbons (Fsp3) is 0.636. The first kappa shape index (κ1) is 13.2. The summed E-state index contributed by atoms with van der Waals surface area (Å²) in [5.74, 6) is 0. The minimum Gasteiger partial charge on any atom is -0.383 e. The highest BCUT2D eigenvalue weighted by atomic mass is 79.9. The van der Waals surface area contributed by atoms with Crippen molar-refractivity contribution in [2.45, 2.75) is 39.7 Å². The van der Waals surface area contributed by atoms with Crippen LogP contribution in [0.4, 0.5) is 5.69 Å². The molecule has 0 aliphatic heterocycles. The van der Waals surface area contributed by atoms with Crippen LogP contribution in [0.2, 0.25) is 0 Å². The van der Waals surface area contributed by atoms with Gasteiger partial charge in [0.2, 0.25) is 0 Å². The normalized spacial score (nSPS) is 10.4. The molecule has 0 bridgehead atoms. The second-order valence-corrected chi connectivity index (χ2v) is 4.42. The molecule has 0 atom stereocenters. The summed E-state index contributed by atoms with van der Waals surface area (Å²) in [7, 11) is 0. The van der Waals surface area contributed by atoms with Gasteiger partial charge in [-0.2, -0.15) is 5.10 Å². The number of nitrogens with one attached hydrogen (secondary N) is 1. The van der Waals surface area contributed by atoms with Crippen molar-refractivity contribution in [1.82, 2.24) is 9.78 Å². The average molecular weight is 288 g/mol. The SMILES string of the molecule is CCCCCNc1cnn(CC)c(=O)c1Br. The number of aromatic nitrogens is 2. The van der Waals surface area contributed by atoms with Crippen molar-refractivity contribution >= 4 is 21.6 Å². The molecule has 4 nitrogen and oxygen atoms in total. The van der Waals surface area contributed by atoms with Gasteiger partial charge in [0.15, 0.2) is 0 Å². The Morgan fingerprint density at radius 3 is 2.81 bits per heavy atom. The molecule has 0 aromatic carbocycles. The van der Waals surface area contributed by atoms with Gasteiger partial charge in [0.05, 0.1) is 11.9 Å². The molecule has 16 heavy (non-hydrogen) atoms. The van der Waals surface area contributed by atoms with Crippen LogP contribution in [0.1, 0.15) is 33.1 Å². The molecule has 0 aliphatic carbocycles. The van der Waals surface area contributed by atoms with E-state index in [0.29, 0.717) is 11.0 Å². The van der Waals surface area contributed by atoms with Gasteiger partial charge in [-0.1, -0.05) is 19.8 Å². The van der Waals surface area contributed by atoms with Crippen molar-refractivity contribution in [3.05, 3.63) is 21.0 Å². The maximum absolute atomic E-state index is 11.7. The summed E-state index contributed by atoms with van der Waals surface area (Å²) in [5.41, 5.74) is 0.703. The molecule has 0 saturated heterocycles. The number of aryl methyl sites for hydroxylation is 1. The molecule has 0 aliphatic rings. The van der Waals surface area contributed by atoms with E-state index in [1.54, 1.807) is 6.20 Å². The molecule has 1 aromatic heterocycles. The standard InChI is InChI=1S/C11H18BrN3O/c1-3-5-6-7-13-9-8-14-15(4-2)11(16)10(9)12/h8,13H,3-7H2,1-2H3. The maximum atomic E-state index is 11.7. The molecule has 1 N–H and O–H groups in total. The first-order chi connectivity index (χ1) is 7.70. The lowest BCUT2D eigenvalue weighted by Gasteiger charge is -2.08. The summed E-state index contributed by atoms with van der Waals surface area (Å²) in [6.07, 6.45) is 5.20. The molecule has 1 rings (SSSR count). The molecular weight excluding hydrogens is 270 g/mol. The highest BCUT2D eigenvalue weighted by molar-refractivity contribution is 9.10. The summed E-state index contributed by atoms with van der Waals surface area (Å²) < 4.78 is 2.00. The molecule has 1 aromatic rings. The van der Waals surface area contributed by atoms with Crippen molar-refractivity contribution < 1.29 is 0 Å². The second-order valence-electron chi connectivity index (χ2n) is 3.63. The fourth-order valence-corrected chi connectivity index (χ4v) is 1.86. The third-order valence-electron chi connectivity index (χ3n) is 2.38. The first-order valence-electron chi connectivity index (χ1n) is 5.70. The predicted octanol–water partition coefficient (Wildman–Crippen LogP) is 2.63. The van der Waals surface area contributed by atoms with E-state index >= 15 is 0 Å². The van der Waals surface area contributed by atoms with Gasteiger partial charge < -0.3 is 5.32 Å². The molecule has 0 saturated carbocycles. The number of hydrogen-bond acceptors (Lipinski definition) is 3. The summed E-state index contributed by atoms with van der Waals surface area (Å²) in [6.45, 7) is 5.53. The third kappa shape index (κ3) is 3.33. The lowest BCUT2D eigenvalue weighted by Crippen LogP contribution is -2.23. The number of rotatable bonds is 6. The van der Waals surface area contributed by atoms with Crippen LogP contribution in [0.5, 0.6) is 0 Å². The van der Waals surface area contributed by atoms with Crippen LogP contribution >= 0.6 is 15.9 Å². The smallest absolute Gasteiger partial charge is 0.283 e. The Morgan fingerprint density at radius 1 is 1.44 bits per heavy atom. The topological polar surface area (TPSA) is 46.9 Å². The van der Waals surface area contributed by atoms with Crippen LogP contribution in [-0.4, -0.2) is 16.3 Å². The highest BCUT2D eigenvalue weighted by Gasteiger charge is 2.06. The van der Waals surface area contributed by atoms with Crippen LogP contribution in [0.25, 0.3) is 0 Å². The summed E-state index contributed by atoms with van der Waals surface area (Å²) in [6, 6.07) is 0. The minimum absolute atomic E-state index is 0.0806. The van der Waals surface area contributed by atoms with E-state index in [9.17, 15) is 4.79 Å². The molecule has 5 heteroatoms. The lowest BCUT2D eigenvalue weighted by molar-refractivity contribution is 0.612. The molecule has 90 valence electrons. The summed E-state index contributed by atoms with van der Waals surface area (Å²) in [4.78, 5) is 11.7. The molecule has 1 heterocycles. The number of nitrogens with zero attached hydrogens (tertiary/aromatic N) is 2. The first-order valence-corrected chi connectivity index (χ1v) is 6.49. The van der Waals surface area contributed by atoms with E-state index in [4.69, 9.17) is 0 Å². The summed E-state index contributed by atoms with van der Waals surface area (Å²) in [5, 5.41) is 7.29. The lowest BCUT2D eigenvalue weighted by atomic mass is 10.2. The Kier molecular flexibility index (Phi) is 5.52. The Labute approximate surface area is 104 Å². The van der Waals surface area contributed by atoms with Gasteiger partial charge in [0.25, 0.3) is 5.56 Å². The zero-order chi connectivity index (χ0) is 12.0. The molecule has 0 unspecified atom stereocenters. The van der Waals surface area contributed by atoms with Crippen LogP contribution in [0.3, 0.4) is 0 Å². The number of anilines is 1. The largest absolute Gasteiger partial charge is 0.383 e. The van der Waals surface area contributed by atoms with Gasteiger partial charge >= 0.3 is 0 Å². The molecule has 0 radical (unpaired) electrons. The summed E-state index contributed by atoms with van der Waals surface area (Å²) >= 11 is 3.31. The van der Waals surface area contributed by atoms with E-state index in [0.717, 1.165) is 18.7 Å². The minimum atomic E-state index is -0.0806. The third-order valence-corrected chi connectivity index (χ3v) is 3.15. The van der Waals surface area contributed by atoms with Crippen LogP contribution in [-0.2, 0) is 6.54 Å². The van der Waals surface area contributed by atoms with Crippen molar-refractivity contribution in [1.29, 1.82) is 0 Å². The Balaban J connectivity index is 2.68.